The van der Waals surface area contributed by atoms with E-state index in [1.54, 1.807) is 13.2 Å². The molecule has 2 N–H and O–H groups in total. The van der Waals surface area contributed by atoms with E-state index in [-0.39, 0.29) is 11.8 Å². The van der Waals surface area contributed by atoms with Crippen molar-refractivity contribution in [1.82, 2.24) is 5.32 Å². The summed E-state index contributed by atoms with van der Waals surface area (Å²) in [5, 5.41) is 5.94. The first-order chi connectivity index (χ1) is 18.1. The number of benzene rings is 3. The fraction of sp³-hybridized carbons (Fsp3) is 0.310. The third-order valence-corrected chi connectivity index (χ3v) is 6.67. The molecule has 1 aliphatic rings. The van der Waals surface area contributed by atoms with Gasteiger partial charge in [0.1, 0.15) is 5.75 Å². The Kier molecular flexibility index (Phi) is 9.27. The minimum Gasteiger partial charge on any atom is -0.495 e. The summed E-state index contributed by atoms with van der Waals surface area (Å²) >= 11 is 5.72. The Labute approximate surface area is 223 Å². The number of hydrogen-bond donors (Lipinski definition) is 2. The van der Waals surface area contributed by atoms with Gasteiger partial charge < -0.3 is 25.2 Å². The summed E-state index contributed by atoms with van der Waals surface area (Å²) in [5.41, 5.74) is 4.08. The molecule has 7 nitrogen and oxygen atoms in total. The molecule has 2 amide bonds. The lowest BCUT2D eigenvalue weighted by Crippen LogP contribution is -2.47. The number of para-hydroxylation sites is 2. The van der Waals surface area contributed by atoms with Crippen LogP contribution in [0.15, 0.2) is 72.8 Å². The summed E-state index contributed by atoms with van der Waals surface area (Å²) in [7, 11) is 1.69. The molecule has 0 bridgehead atoms. The molecule has 0 radical (unpaired) electrons. The Morgan fingerprint density at radius 2 is 1.57 bits per heavy atom. The molecular weight excluding hydrogens is 488 g/mol. The van der Waals surface area contributed by atoms with Gasteiger partial charge in [-0.25, -0.2) is 0 Å². The monoisotopic (exact) mass is 520 g/mol. The molecule has 1 heterocycles. The minimum atomic E-state index is -0.178. The number of nitrogens with zero attached hydrogens (tertiary/aromatic N) is 2. The number of ether oxygens (including phenoxy) is 1. The third kappa shape index (κ3) is 6.95. The van der Waals surface area contributed by atoms with Crippen LogP contribution in [0.5, 0.6) is 5.75 Å². The maximum absolute atomic E-state index is 13.4. The summed E-state index contributed by atoms with van der Waals surface area (Å²) in [6, 6.07) is 23.4. The van der Waals surface area contributed by atoms with Crippen LogP contribution in [-0.2, 0) is 11.3 Å². The van der Waals surface area contributed by atoms with E-state index in [1.807, 2.05) is 60.7 Å². The maximum atomic E-state index is 13.4. The highest BCUT2D eigenvalue weighted by Gasteiger charge is 2.24. The first-order valence-corrected chi connectivity index (χ1v) is 13.1. The number of halogens is 1. The van der Waals surface area contributed by atoms with Crippen LogP contribution >= 0.6 is 11.6 Å². The summed E-state index contributed by atoms with van der Waals surface area (Å²) in [6.45, 7) is 3.51. The number of carbonyl (C=O) groups excluding carboxylic acids is 2. The number of anilines is 3. The van der Waals surface area contributed by atoms with Crippen molar-refractivity contribution < 1.29 is 14.3 Å². The first kappa shape index (κ1) is 26.4. The van der Waals surface area contributed by atoms with E-state index in [0.29, 0.717) is 36.5 Å². The molecule has 0 aromatic heterocycles. The Balaban J connectivity index is 1.52. The molecule has 4 rings (SSSR count). The fourth-order valence-electron chi connectivity index (χ4n) is 4.47. The largest absolute Gasteiger partial charge is 0.495 e. The lowest BCUT2D eigenvalue weighted by molar-refractivity contribution is -0.116. The van der Waals surface area contributed by atoms with Gasteiger partial charge >= 0.3 is 0 Å². The Hall–Kier alpha value is -3.71. The standard InChI is InChI=1S/C29H33ClN4O3/c1-37-27-11-6-5-10-26(27)34-18-16-33(17-19-34)25-14-13-23(32-28(35)12-7-15-30)20-24(25)29(36)31-21-22-8-3-2-4-9-22/h2-6,8-11,13-14,20H,7,12,15-19,21H2,1H3,(H,31,36)(H,32,35). The number of methoxy groups -OCH3 is 1. The molecule has 0 spiro atoms. The average molecular weight is 521 g/mol. The number of nitrogens with one attached hydrogen (secondary N) is 2. The molecule has 0 unspecified atom stereocenters. The van der Waals surface area contributed by atoms with Gasteiger partial charge in [0, 0.05) is 56.4 Å². The van der Waals surface area contributed by atoms with E-state index in [9.17, 15) is 9.59 Å². The topological polar surface area (TPSA) is 73.9 Å². The summed E-state index contributed by atoms with van der Waals surface area (Å²) in [6.07, 6.45) is 0.943. The summed E-state index contributed by atoms with van der Waals surface area (Å²) < 4.78 is 5.54. The Morgan fingerprint density at radius 3 is 2.27 bits per heavy atom. The Bertz CT molecular complexity index is 1200. The molecule has 0 saturated carbocycles. The van der Waals surface area contributed by atoms with Gasteiger partial charge in [0.2, 0.25) is 5.91 Å². The number of alkyl halides is 1. The number of carbonyl (C=O) groups is 2. The van der Waals surface area contributed by atoms with Crippen LogP contribution in [0.1, 0.15) is 28.8 Å². The lowest BCUT2D eigenvalue weighted by atomic mass is 10.1. The number of amides is 2. The van der Waals surface area contributed by atoms with E-state index >= 15 is 0 Å². The van der Waals surface area contributed by atoms with E-state index in [2.05, 4.69) is 26.5 Å². The van der Waals surface area contributed by atoms with E-state index in [0.717, 1.165) is 48.9 Å². The zero-order valence-electron chi connectivity index (χ0n) is 21.1. The second-order valence-electron chi connectivity index (χ2n) is 8.89. The van der Waals surface area contributed by atoms with E-state index in [4.69, 9.17) is 16.3 Å². The molecule has 0 aliphatic carbocycles. The van der Waals surface area contributed by atoms with Gasteiger partial charge in [0.15, 0.2) is 0 Å². The summed E-state index contributed by atoms with van der Waals surface area (Å²) in [4.78, 5) is 30.2. The quantitative estimate of drug-likeness (QED) is 0.372. The van der Waals surface area contributed by atoms with Crippen molar-refractivity contribution in [2.24, 2.45) is 0 Å². The molecule has 3 aromatic carbocycles. The van der Waals surface area contributed by atoms with Crippen LogP contribution in [0.2, 0.25) is 0 Å². The van der Waals surface area contributed by atoms with Crippen molar-refractivity contribution in [3.8, 4) is 5.75 Å². The highest BCUT2D eigenvalue weighted by molar-refractivity contribution is 6.18. The molecular formula is C29H33ClN4O3. The van der Waals surface area contributed by atoms with Gasteiger partial charge in [-0.15, -0.1) is 11.6 Å². The average Bonchev–Trinajstić information content (AvgIpc) is 2.95. The van der Waals surface area contributed by atoms with Crippen molar-refractivity contribution >= 4 is 40.5 Å². The number of hydrogen-bond acceptors (Lipinski definition) is 5. The van der Waals surface area contributed by atoms with Crippen LogP contribution in [-0.4, -0.2) is 51.0 Å². The Morgan fingerprint density at radius 1 is 0.892 bits per heavy atom. The third-order valence-electron chi connectivity index (χ3n) is 6.40. The second kappa shape index (κ2) is 13.0. The molecule has 0 atom stereocenters. The van der Waals surface area contributed by atoms with Crippen LogP contribution in [0, 0.1) is 0 Å². The normalized spacial score (nSPS) is 13.2. The SMILES string of the molecule is COc1ccccc1N1CCN(c2ccc(NC(=O)CCCCl)cc2C(=O)NCc2ccccc2)CC1. The van der Waals surface area contributed by atoms with Gasteiger partial charge in [-0.1, -0.05) is 42.5 Å². The van der Waals surface area contributed by atoms with Crippen molar-refractivity contribution in [1.29, 1.82) is 0 Å². The zero-order chi connectivity index (χ0) is 26.0. The van der Waals surface area contributed by atoms with Gasteiger partial charge in [0.25, 0.3) is 5.91 Å². The molecule has 194 valence electrons. The molecule has 1 fully saturated rings. The first-order valence-electron chi connectivity index (χ1n) is 12.5. The number of piperazine rings is 1. The lowest BCUT2D eigenvalue weighted by Gasteiger charge is -2.38. The van der Waals surface area contributed by atoms with Crippen molar-refractivity contribution in [2.45, 2.75) is 19.4 Å². The van der Waals surface area contributed by atoms with Gasteiger partial charge in [-0.2, -0.15) is 0 Å². The molecule has 1 saturated heterocycles. The van der Waals surface area contributed by atoms with Crippen LogP contribution in [0.25, 0.3) is 0 Å². The second-order valence-corrected chi connectivity index (χ2v) is 9.26. The van der Waals surface area contributed by atoms with Crippen molar-refractivity contribution in [3.63, 3.8) is 0 Å². The van der Waals surface area contributed by atoms with E-state index < -0.39 is 0 Å². The summed E-state index contributed by atoms with van der Waals surface area (Å²) in [5.74, 6) is 0.990. The molecule has 3 aromatic rings. The maximum Gasteiger partial charge on any atom is 0.253 e. The smallest absolute Gasteiger partial charge is 0.253 e. The van der Waals surface area contributed by atoms with Gasteiger partial charge in [-0.3, -0.25) is 9.59 Å². The fourth-order valence-corrected chi connectivity index (χ4v) is 4.61. The predicted octanol–water partition coefficient (Wildman–Crippen LogP) is 4.91. The molecule has 8 heteroatoms. The molecule has 1 aliphatic heterocycles. The van der Waals surface area contributed by atoms with E-state index in [1.165, 1.54) is 0 Å². The predicted molar refractivity (Wildman–Crippen MR) is 150 cm³/mol. The number of rotatable bonds is 10. The van der Waals surface area contributed by atoms with Crippen LogP contribution in [0.3, 0.4) is 0 Å². The van der Waals surface area contributed by atoms with Crippen LogP contribution < -0.4 is 25.2 Å². The van der Waals surface area contributed by atoms with Crippen molar-refractivity contribution in [2.75, 3.05) is 54.3 Å². The highest BCUT2D eigenvalue weighted by atomic mass is 35.5. The van der Waals surface area contributed by atoms with Crippen molar-refractivity contribution in [3.05, 3.63) is 83.9 Å². The van der Waals surface area contributed by atoms with Gasteiger partial charge in [-0.05, 0) is 42.3 Å². The zero-order valence-corrected chi connectivity index (χ0v) is 21.8. The molecule has 37 heavy (non-hydrogen) atoms. The highest BCUT2D eigenvalue weighted by Crippen LogP contribution is 2.31. The van der Waals surface area contributed by atoms with Crippen LogP contribution in [0.4, 0.5) is 17.1 Å². The minimum absolute atomic E-state index is 0.116. The van der Waals surface area contributed by atoms with Gasteiger partial charge in [0.05, 0.1) is 18.4 Å².